The highest BCUT2D eigenvalue weighted by atomic mass is 16.3. The summed E-state index contributed by atoms with van der Waals surface area (Å²) in [5, 5.41) is 20.0. The summed E-state index contributed by atoms with van der Waals surface area (Å²) in [7, 11) is 0. The van der Waals surface area contributed by atoms with Crippen LogP contribution in [0.4, 0.5) is 0 Å². The van der Waals surface area contributed by atoms with Crippen molar-refractivity contribution in [3.8, 4) is 22.9 Å². The van der Waals surface area contributed by atoms with Gasteiger partial charge in [0.2, 0.25) is 0 Å². The number of para-hydroxylation sites is 1. The molecule has 3 aromatic rings. The van der Waals surface area contributed by atoms with Crippen molar-refractivity contribution in [1.29, 1.82) is 0 Å². The van der Waals surface area contributed by atoms with E-state index >= 15 is 0 Å². The standard InChI is InChI=1S/C14H10N2O2/c17-10-5-6-11(13(18)7-10)14-15-8-9-3-1-2-4-12(9)16-14/h1-8,17-18H. The summed E-state index contributed by atoms with van der Waals surface area (Å²) in [5.41, 5.74) is 1.31. The van der Waals surface area contributed by atoms with Crippen molar-refractivity contribution in [3.05, 3.63) is 48.7 Å². The van der Waals surface area contributed by atoms with Crippen LogP contribution in [0.15, 0.2) is 48.7 Å². The molecule has 0 amide bonds. The predicted octanol–water partition coefficient (Wildman–Crippen LogP) is 2.71. The van der Waals surface area contributed by atoms with E-state index in [1.165, 1.54) is 12.1 Å². The van der Waals surface area contributed by atoms with Gasteiger partial charge in [0.05, 0.1) is 11.1 Å². The molecular formula is C14H10N2O2. The zero-order valence-corrected chi connectivity index (χ0v) is 9.41. The molecule has 0 fully saturated rings. The molecule has 0 saturated carbocycles. The summed E-state index contributed by atoms with van der Waals surface area (Å²) in [6.45, 7) is 0. The quantitative estimate of drug-likeness (QED) is 0.684. The lowest BCUT2D eigenvalue weighted by atomic mass is 10.1. The summed E-state index contributed by atoms with van der Waals surface area (Å²) in [6.07, 6.45) is 1.71. The van der Waals surface area contributed by atoms with E-state index in [1.807, 2.05) is 24.3 Å². The second-order valence-corrected chi connectivity index (χ2v) is 3.95. The lowest BCUT2D eigenvalue weighted by Gasteiger charge is -2.04. The van der Waals surface area contributed by atoms with Gasteiger partial charge in [-0.15, -0.1) is 0 Å². The topological polar surface area (TPSA) is 66.2 Å². The lowest BCUT2D eigenvalue weighted by molar-refractivity contribution is 0.451. The number of nitrogens with zero attached hydrogens (tertiary/aromatic N) is 2. The van der Waals surface area contributed by atoms with Gasteiger partial charge in [-0.3, -0.25) is 0 Å². The van der Waals surface area contributed by atoms with Gasteiger partial charge in [0.15, 0.2) is 5.82 Å². The Labute approximate surface area is 103 Å². The fraction of sp³-hybridized carbons (Fsp3) is 0. The van der Waals surface area contributed by atoms with Crippen molar-refractivity contribution in [1.82, 2.24) is 9.97 Å². The van der Waals surface area contributed by atoms with E-state index in [2.05, 4.69) is 9.97 Å². The Morgan fingerprint density at radius 1 is 0.944 bits per heavy atom. The molecule has 0 aliphatic carbocycles. The minimum absolute atomic E-state index is 0.0111. The van der Waals surface area contributed by atoms with Crippen LogP contribution < -0.4 is 0 Å². The minimum atomic E-state index is -0.0368. The number of fused-ring (bicyclic) bond motifs is 1. The number of aromatic nitrogens is 2. The number of benzene rings is 2. The Balaban J connectivity index is 2.19. The summed E-state index contributed by atoms with van der Waals surface area (Å²) >= 11 is 0. The van der Waals surface area contributed by atoms with Crippen LogP contribution in [0.25, 0.3) is 22.3 Å². The Bertz CT molecular complexity index is 726. The van der Waals surface area contributed by atoms with Crippen LogP contribution in [-0.2, 0) is 0 Å². The molecular weight excluding hydrogens is 228 g/mol. The molecule has 0 unspecified atom stereocenters. The molecule has 0 aliphatic rings. The first-order chi connectivity index (χ1) is 8.74. The van der Waals surface area contributed by atoms with E-state index in [9.17, 15) is 10.2 Å². The predicted molar refractivity (Wildman–Crippen MR) is 68.3 cm³/mol. The Hall–Kier alpha value is -2.62. The van der Waals surface area contributed by atoms with Crippen molar-refractivity contribution >= 4 is 10.9 Å². The molecule has 3 rings (SSSR count). The number of rotatable bonds is 1. The van der Waals surface area contributed by atoms with Crippen LogP contribution in [0.5, 0.6) is 11.5 Å². The second-order valence-electron chi connectivity index (χ2n) is 3.95. The molecule has 1 aromatic heterocycles. The molecule has 0 bridgehead atoms. The Morgan fingerprint density at radius 2 is 1.78 bits per heavy atom. The first-order valence-electron chi connectivity index (χ1n) is 5.48. The molecule has 0 spiro atoms. The molecule has 4 nitrogen and oxygen atoms in total. The van der Waals surface area contributed by atoms with Crippen molar-refractivity contribution in [2.24, 2.45) is 0 Å². The van der Waals surface area contributed by atoms with Gasteiger partial charge in [-0.25, -0.2) is 9.97 Å². The third-order valence-corrected chi connectivity index (χ3v) is 2.71. The van der Waals surface area contributed by atoms with Gasteiger partial charge in [0, 0.05) is 17.6 Å². The first-order valence-corrected chi connectivity index (χ1v) is 5.48. The average molecular weight is 238 g/mol. The maximum Gasteiger partial charge on any atom is 0.163 e. The number of aromatic hydroxyl groups is 2. The maximum atomic E-state index is 9.78. The zero-order valence-electron chi connectivity index (χ0n) is 9.41. The Kier molecular flexibility index (Phi) is 2.34. The van der Waals surface area contributed by atoms with Crippen molar-refractivity contribution in [2.45, 2.75) is 0 Å². The van der Waals surface area contributed by atoms with Gasteiger partial charge >= 0.3 is 0 Å². The number of hydrogen-bond acceptors (Lipinski definition) is 4. The summed E-state index contributed by atoms with van der Waals surface area (Å²) in [4.78, 5) is 8.60. The third-order valence-electron chi connectivity index (χ3n) is 2.71. The molecule has 88 valence electrons. The highest BCUT2D eigenvalue weighted by Gasteiger charge is 2.08. The number of hydrogen-bond donors (Lipinski definition) is 2. The van der Waals surface area contributed by atoms with Gasteiger partial charge in [0.1, 0.15) is 11.5 Å². The molecule has 18 heavy (non-hydrogen) atoms. The van der Waals surface area contributed by atoms with Gasteiger partial charge in [-0.2, -0.15) is 0 Å². The van der Waals surface area contributed by atoms with Crippen molar-refractivity contribution in [2.75, 3.05) is 0 Å². The number of phenolic OH excluding ortho intramolecular Hbond substituents is 2. The van der Waals surface area contributed by atoms with Crippen LogP contribution in [0.2, 0.25) is 0 Å². The second kappa shape index (κ2) is 4.00. The number of phenols is 2. The largest absolute Gasteiger partial charge is 0.508 e. The van der Waals surface area contributed by atoms with Crippen LogP contribution in [-0.4, -0.2) is 20.2 Å². The average Bonchev–Trinajstić information content (AvgIpc) is 2.38. The van der Waals surface area contributed by atoms with Crippen molar-refractivity contribution < 1.29 is 10.2 Å². The molecule has 0 saturated heterocycles. The van der Waals surface area contributed by atoms with Crippen LogP contribution in [0.3, 0.4) is 0 Å². The lowest BCUT2D eigenvalue weighted by Crippen LogP contribution is -1.90. The van der Waals surface area contributed by atoms with E-state index in [1.54, 1.807) is 12.3 Å². The fourth-order valence-corrected chi connectivity index (χ4v) is 1.81. The van der Waals surface area contributed by atoms with Crippen LogP contribution in [0.1, 0.15) is 0 Å². The molecule has 2 N–H and O–H groups in total. The fourth-order valence-electron chi connectivity index (χ4n) is 1.81. The molecule has 0 radical (unpaired) electrons. The van der Waals surface area contributed by atoms with E-state index in [0.29, 0.717) is 11.4 Å². The van der Waals surface area contributed by atoms with E-state index in [-0.39, 0.29) is 11.5 Å². The normalized spacial score (nSPS) is 10.7. The van der Waals surface area contributed by atoms with Gasteiger partial charge in [-0.1, -0.05) is 18.2 Å². The minimum Gasteiger partial charge on any atom is -0.508 e. The summed E-state index contributed by atoms with van der Waals surface area (Å²) < 4.78 is 0. The monoisotopic (exact) mass is 238 g/mol. The summed E-state index contributed by atoms with van der Waals surface area (Å²) in [6, 6.07) is 12.0. The van der Waals surface area contributed by atoms with Gasteiger partial charge in [0.25, 0.3) is 0 Å². The molecule has 4 heteroatoms. The smallest absolute Gasteiger partial charge is 0.163 e. The molecule has 0 atom stereocenters. The summed E-state index contributed by atoms with van der Waals surface area (Å²) in [5.74, 6) is 0.411. The third kappa shape index (κ3) is 1.73. The van der Waals surface area contributed by atoms with Crippen molar-refractivity contribution in [3.63, 3.8) is 0 Å². The maximum absolute atomic E-state index is 9.78. The zero-order chi connectivity index (χ0) is 12.5. The van der Waals surface area contributed by atoms with E-state index < -0.39 is 0 Å². The van der Waals surface area contributed by atoms with Crippen LogP contribution >= 0.6 is 0 Å². The van der Waals surface area contributed by atoms with Gasteiger partial charge in [-0.05, 0) is 18.2 Å². The van der Waals surface area contributed by atoms with Crippen LogP contribution in [0, 0.1) is 0 Å². The van der Waals surface area contributed by atoms with E-state index in [0.717, 1.165) is 10.9 Å². The molecule has 2 aromatic carbocycles. The molecule has 1 heterocycles. The highest BCUT2D eigenvalue weighted by Crippen LogP contribution is 2.30. The molecule has 0 aliphatic heterocycles. The van der Waals surface area contributed by atoms with E-state index in [4.69, 9.17) is 0 Å². The van der Waals surface area contributed by atoms with Gasteiger partial charge < -0.3 is 10.2 Å². The first kappa shape index (κ1) is 10.5. The SMILES string of the molecule is Oc1ccc(-c2ncc3ccccc3n2)c(O)c1. The Morgan fingerprint density at radius 3 is 2.61 bits per heavy atom. The highest BCUT2D eigenvalue weighted by molar-refractivity contribution is 5.80.